The number of ether oxygens (including phenoxy) is 1. The van der Waals surface area contributed by atoms with Crippen LogP contribution in [0.15, 0.2) is 28.7 Å². The zero-order valence-electron chi connectivity index (χ0n) is 11.9. The highest BCUT2D eigenvalue weighted by Gasteiger charge is 2.38. The molecule has 2 N–H and O–H groups in total. The van der Waals surface area contributed by atoms with Crippen LogP contribution in [0.25, 0.3) is 0 Å². The van der Waals surface area contributed by atoms with Gasteiger partial charge in [-0.05, 0) is 45.4 Å². The van der Waals surface area contributed by atoms with Gasteiger partial charge in [0.2, 0.25) is 0 Å². The molecule has 0 radical (unpaired) electrons. The number of benzene rings is 1. The van der Waals surface area contributed by atoms with Gasteiger partial charge >= 0.3 is 12.1 Å². The predicted molar refractivity (Wildman–Crippen MR) is 78.5 cm³/mol. The molecule has 1 aromatic carbocycles. The first kappa shape index (κ1) is 16.5. The maximum Gasteiger partial charge on any atom is 0.408 e. The third kappa shape index (κ3) is 4.23. The lowest BCUT2D eigenvalue weighted by molar-refractivity contribution is -0.144. The van der Waals surface area contributed by atoms with Crippen LogP contribution >= 0.6 is 15.9 Å². The first-order valence-electron chi connectivity index (χ1n) is 6.05. The van der Waals surface area contributed by atoms with E-state index in [2.05, 4.69) is 21.2 Å². The van der Waals surface area contributed by atoms with Gasteiger partial charge in [0.1, 0.15) is 5.60 Å². The zero-order chi connectivity index (χ0) is 15.6. The van der Waals surface area contributed by atoms with E-state index in [0.29, 0.717) is 5.56 Å². The van der Waals surface area contributed by atoms with E-state index < -0.39 is 23.2 Å². The fourth-order valence-corrected chi connectivity index (χ4v) is 1.80. The summed E-state index contributed by atoms with van der Waals surface area (Å²) in [5.74, 6) is -1.16. The van der Waals surface area contributed by atoms with E-state index >= 15 is 0 Å². The van der Waals surface area contributed by atoms with Crippen LogP contribution < -0.4 is 5.32 Å². The second kappa shape index (κ2) is 5.83. The zero-order valence-corrected chi connectivity index (χ0v) is 13.4. The number of alkyl carbamates (subject to hydrolysis) is 1. The molecule has 0 unspecified atom stereocenters. The molecule has 0 heterocycles. The van der Waals surface area contributed by atoms with Gasteiger partial charge in [-0.2, -0.15) is 0 Å². The molecule has 1 aromatic rings. The number of amides is 1. The molecule has 20 heavy (non-hydrogen) atoms. The SMILES string of the molecule is CC(C)(C)OC(=O)N[C@](C)(C(=O)O)c1ccc(Br)cc1. The van der Waals surface area contributed by atoms with Crippen molar-refractivity contribution in [3.63, 3.8) is 0 Å². The minimum Gasteiger partial charge on any atom is -0.479 e. The summed E-state index contributed by atoms with van der Waals surface area (Å²) >= 11 is 3.28. The molecule has 0 bridgehead atoms. The van der Waals surface area contributed by atoms with Gasteiger partial charge in [0.15, 0.2) is 5.54 Å². The van der Waals surface area contributed by atoms with Gasteiger partial charge in [-0.3, -0.25) is 0 Å². The summed E-state index contributed by atoms with van der Waals surface area (Å²) in [6, 6.07) is 6.70. The summed E-state index contributed by atoms with van der Waals surface area (Å²) in [7, 11) is 0. The number of carboxylic acid groups (broad SMARTS) is 1. The Morgan fingerprint density at radius 2 is 1.65 bits per heavy atom. The lowest BCUT2D eigenvalue weighted by atomic mass is 9.92. The monoisotopic (exact) mass is 343 g/mol. The van der Waals surface area contributed by atoms with Crippen LogP contribution in [0.4, 0.5) is 4.79 Å². The van der Waals surface area contributed by atoms with Crippen LogP contribution in [0.3, 0.4) is 0 Å². The second-order valence-corrected chi connectivity index (χ2v) is 6.48. The topological polar surface area (TPSA) is 75.6 Å². The van der Waals surface area contributed by atoms with Crippen molar-refractivity contribution in [3.05, 3.63) is 34.3 Å². The molecule has 0 saturated carbocycles. The standard InChI is InChI=1S/C14H18BrNO4/c1-13(2,3)20-12(19)16-14(4,11(17)18)9-5-7-10(15)8-6-9/h5-8H,1-4H3,(H,16,19)(H,17,18)/t14-/m0/s1. The number of aliphatic carboxylic acids is 1. The van der Waals surface area contributed by atoms with E-state index in [1.165, 1.54) is 6.92 Å². The lowest BCUT2D eigenvalue weighted by Gasteiger charge is -2.28. The van der Waals surface area contributed by atoms with Crippen LogP contribution in [0.2, 0.25) is 0 Å². The molecular weight excluding hydrogens is 326 g/mol. The summed E-state index contributed by atoms with van der Waals surface area (Å²) in [6.45, 7) is 6.56. The molecule has 0 saturated heterocycles. The lowest BCUT2D eigenvalue weighted by Crippen LogP contribution is -2.51. The third-order valence-electron chi connectivity index (χ3n) is 2.60. The summed E-state index contributed by atoms with van der Waals surface area (Å²) in [5, 5.41) is 11.8. The molecule has 1 atom stereocenters. The Morgan fingerprint density at radius 1 is 1.15 bits per heavy atom. The van der Waals surface area contributed by atoms with E-state index in [-0.39, 0.29) is 0 Å². The largest absolute Gasteiger partial charge is 0.479 e. The molecule has 0 spiro atoms. The number of carbonyl (C=O) groups excluding carboxylic acids is 1. The minimum atomic E-state index is -1.55. The molecule has 0 fully saturated rings. The Bertz CT molecular complexity index is 507. The van der Waals surface area contributed by atoms with Gasteiger partial charge in [-0.1, -0.05) is 28.1 Å². The Hall–Kier alpha value is -1.56. The van der Waals surface area contributed by atoms with E-state index in [1.807, 2.05) is 0 Å². The van der Waals surface area contributed by atoms with Crippen molar-refractivity contribution in [3.8, 4) is 0 Å². The smallest absolute Gasteiger partial charge is 0.408 e. The van der Waals surface area contributed by atoms with Crippen molar-refractivity contribution in [2.45, 2.75) is 38.8 Å². The Kier molecular flexibility index (Phi) is 4.81. The van der Waals surface area contributed by atoms with E-state index in [4.69, 9.17) is 4.74 Å². The molecule has 0 aliphatic heterocycles. The molecule has 0 aliphatic carbocycles. The molecule has 110 valence electrons. The molecule has 1 amide bonds. The van der Waals surface area contributed by atoms with E-state index in [1.54, 1.807) is 45.0 Å². The first-order chi connectivity index (χ1) is 9.04. The van der Waals surface area contributed by atoms with Gasteiger partial charge in [0, 0.05) is 4.47 Å². The Balaban J connectivity index is 3.01. The van der Waals surface area contributed by atoms with Gasteiger partial charge in [-0.25, -0.2) is 9.59 Å². The van der Waals surface area contributed by atoms with Crippen molar-refractivity contribution >= 4 is 28.0 Å². The number of nitrogens with one attached hydrogen (secondary N) is 1. The van der Waals surface area contributed by atoms with Gasteiger partial charge in [0.25, 0.3) is 0 Å². The maximum absolute atomic E-state index is 11.8. The number of rotatable bonds is 3. The summed E-state index contributed by atoms with van der Waals surface area (Å²) in [6.07, 6.45) is -0.773. The van der Waals surface area contributed by atoms with Crippen LogP contribution in [0.5, 0.6) is 0 Å². The first-order valence-corrected chi connectivity index (χ1v) is 6.84. The molecular formula is C14H18BrNO4. The summed E-state index contributed by atoms with van der Waals surface area (Å²) in [5.41, 5.74) is -1.79. The highest BCUT2D eigenvalue weighted by molar-refractivity contribution is 9.10. The van der Waals surface area contributed by atoms with Gasteiger partial charge in [0.05, 0.1) is 0 Å². The molecule has 5 nitrogen and oxygen atoms in total. The predicted octanol–water partition coefficient (Wildman–Crippen LogP) is 3.27. The van der Waals surface area contributed by atoms with Crippen molar-refractivity contribution in [2.75, 3.05) is 0 Å². The second-order valence-electron chi connectivity index (χ2n) is 5.56. The Labute approximate surface area is 126 Å². The number of carbonyl (C=O) groups is 2. The number of carboxylic acids is 1. The highest BCUT2D eigenvalue weighted by atomic mass is 79.9. The van der Waals surface area contributed by atoms with Crippen molar-refractivity contribution in [1.82, 2.24) is 5.32 Å². The van der Waals surface area contributed by atoms with Crippen LogP contribution in [-0.4, -0.2) is 22.8 Å². The molecule has 6 heteroatoms. The van der Waals surface area contributed by atoms with Crippen molar-refractivity contribution < 1.29 is 19.4 Å². The van der Waals surface area contributed by atoms with Crippen molar-refractivity contribution in [1.29, 1.82) is 0 Å². The summed E-state index contributed by atoms with van der Waals surface area (Å²) in [4.78, 5) is 23.3. The van der Waals surface area contributed by atoms with Crippen LogP contribution in [0.1, 0.15) is 33.3 Å². The molecule has 0 aliphatic rings. The van der Waals surface area contributed by atoms with Crippen LogP contribution in [0, 0.1) is 0 Å². The molecule has 0 aromatic heterocycles. The normalized spacial score (nSPS) is 14.2. The number of halogens is 1. The highest BCUT2D eigenvalue weighted by Crippen LogP contribution is 2.24. The van der Waals surface area contributed by atoms with Gasteiger partial charge < -0.3 is 15.2 Å². The molecule has 1 rings (SSSR count). The van der Waals surface area contributed by atoms with Gasteiger partial charge in [-0.15, -0.1) is 0 Å². The van der Waals surface area contributed by atoms with Crippen molar-refractivity contribution in [2.24, 2.45) is 0 Å². The number of hydrogen-bond acceptors (Lipinski definition) is 3. The Morgan fingerprint density at radius 3 is 2.05 bits per heavy atom. The van der Waals surface area contributed by atoms with Crippen LogP contribution in [-0.2, 0) is 15.1 Å². The van der Waals surface area contributed by atoms with E-state index in [0.717, 1.165) is 4.47 Å². The average molecular weight is 344 g/mol. The summed E-state index contributed by atoms with van der Waals surface area (Å²) < 4.78 is 5.93. The number of hydrogen-bond donors (Lipinski definition) is 2. The fourth-order valence-electron chi connectivity index (χ4n) is 1.54. The maximum atomic E-state index is 11.8. The average Bonchev–Trinajstić information content (AvgIpc) is 2.26. The fraction of sp³-hybridized carbons (Fsp3) is 0.429. The third-order valence-corrected chi connectivity index (χ3v) is 3.13. The minimum absolute atomic E-state index is 0.457. The quantitative estimate of drug-likeness (QED) is 0.882. The van der Waals surface area contributed by atoms with E-state index in [9.17, 15) is 14.7 Å².